The Morgan fingerprint density at radius 2 is 2.50 bits per heavy atom. The summed E-state index contributed by atoms with van der Waals surface area (Å²) >= 11 is 7.60. The second-order valence-corrected chi connectivity index (χ2v) is 7.36. The van der Waals surface area contributed by atoms with E-state index in [1.54, 1.807) is 0 Å². The molecule has 1 unspecified atom stereocenters. The van der Waals surface area contributed by atoms with Crippen molar-refractivity contribution in [3.8, 4) is 0 Å². The van der Waals surface area contributed by atoms with Crippen molar-refractivity contribution >= 4 is 41.6 Å². The first-order chi connectivity index (χ1) is 7.59. The molecule has 0 radical (unpaired) electrons. The third-order valence-corrected chi connectivity index (χ3v) is 5.63. The Labute approximate surface area is 110 Å². The monoisotopic (exact) mass is 273 g/mol. The molecule has 2 rings (SSSR count). The topological polar surface area (TPSA) is 29.1 Å². The number of thiophene rings is 1. The van der Waals surface area contributed by atoms with Gasteiger partial charge in [-0.2, -0.15) is 11.8 Å². The molecule has 88 valence electrons. The van der Waals surface area contributed by atoms with Crippen molar-refractivity contribution in [2.24, 2.45) is 0 Å². The number of thiol groups is 1. The zero-order chi connectivity index (χ0) is 11.6. The van der Waals surface area contributed by atoms with Crippen molar-refractivity contribution in [1.29, 1.82) is 0 Å². The third kappa shape index (κ3) is 2.96. The molecule has 0 aliphatic carbocycles. The number of thioether (sulfide) groups is 1. The molecule has 16 heavy (non-hydrogen) atoms. The molecule has 1 aromatic heterocycles. The minimum Gasteiger partial charge on any atom is -0.350 e. The van der Waals surface area contributed by atoms with E-state index in [1.165, 1.54) is 29.9 Å². The van der Waals surface area contributed by atoms with Crippen LogP contribution < -0.4 is 5.32 Å². The van der Waals surface area contributed by atoms with Crippen LogP contribution in [0.15, 0.2) is 16.3 Å². The molecule has 0 spiro atoms. The van der Waals surface area contributed by atoms with E-state index in [1.807, 2.05) is 23.2 Å². The SMILES string of the molecule is CC1(CNC(=O)c2cc(S)cs2)CCCS1. The van der Waals surface area contributed by atoms with E-state index in [9.17, 15) is 4.79 Å². The first-order valence-corrected chi connectivity index (χ1v) is 7.60. The van der Waals surface area contributed by atoms with Gasteiger partial charge in [0.15, 0.2) is 0 Å². The maximum absolute atomic E-state index is 11.8. The maximum atomic E-state index is 11.8. The summed E-state index contributed by atoms with van der Waals surface area (Å²) in [5.41, 5.74) is 0. The summed E-state index contributed by atoms with van der Waals surface area (Å²) in [5, 5.41) is 4.89. The fourth-order valence-corrected chi connectivity index (χ4v) is 4.08. The second-order valence-electron chi connectivity index (χ2n) is 4.25. The summed E-state index contributed by atoms with van der Waals surface area (Å²) in [4.78, 5) is 13.4. The fourth-order valence-electron chi connectivity index (χ4n) is 1.78. The van der Waals surface area contributed by atoms with Gasteiger partial charge in [0.05, 0.1) is 4.88 Å². The molecule has 5 heteroatoms. The number of nitrogens with one attached hydrogen (secondary N) is 1. The van der Waals surface area contributed by atoms with Crippen molar-refractivity contribution in [2.45, 2.75) is 29.4 Å². The van der Waals surface area contributed by atoms with Gasteiger partial charge in [0.25, 0.3) is 5.91 Å². The van der Waals surface area contributed by atoms with E-state index in [0.717, 1.165) is 16.3 Å². The van der Waals surface area contributed by atoms with Crippen LogP contribution in [0.25, 0.3) is 0 Å². The lowest BCUT2D eigenvalue weighted by Crippen LogP contribution is -2.36. The third-order valence-electron chi connectivity index (χ3n) is 2.73. The van der Waals surface area contributed by atoms with Crippen LogP contribution in [0.2, 0.25) is 0 Å². The van der Waals surface area contributed by atoms with Gasteiger partial charge in [-0.1, -0.05) is 0 Å². The highest BCUT2D eigenvalue weighted by molar-refractivity contribution is 8.00. The summed E-state index contributed by atoms with van der Waals surface area (Å²) in [6, 6.07) is 1.81. The Balaban J connectivity index is 1.88. The standard InChI is InChI=1S/C11H15NOS3/c1-11(3-2-4-16-11)7-12-10(13)9-5-8(14)6-15-9/h5-6,14H,2-4,7H2,1H3,(H,12,13). The predicted octanol–water partition coefficient (Wildman–Crippen LogP) is 3.05. The van der Waals surface area contributed by atoms with Gasteiger partial charge in [0, 0.05) is 21.6 Å². The van der Waals surface area contributed by atoms with Gasteiger partial charge in [-0.3, -0.25) is 4.79 Å². The summed E-state index contributed by atoms with van der Waals surface area (Å²) in [5.74, 6) is 1.24. The van der Waals surface area contributed by atoms with Crippen LogP contribution in [0.3, 0.4) is 0 Å². The normalized spacial score (nSPS) is 24.6. The van der Waals surface area contributed by atoms with Crippen LogP contribution in [0.4, 0.5) is 0 Å². The summed E-state index contributed by atoms with van der Waals surface area (Å²) in [6.45, 7) is 2.99. The molecule has 1 aliphatic rings. The van der Waals surface area contributed by atoms with E-state index in [0.29, 0.717) is 0 Å². The maximum Gasteiger partial charge on any atom is 0.261 e. The van der Waals surface area contributed by atoms with Crippen molar-refractivity contribution in [3.05, 3.63) is 16.3 Å². The lowest BCUT2D eigenvalue weighted by atomic mass is 10.1. The highest BCUT2D eigenvalue weighted by Crippen LogP contribution is 2.37. The summed E-state index contributed by atoms with van der Waals surface area (Å²) in [6.07, 6.45) is 2.46. The first-order valence-electron chi connectivity index (χ1n) is 5.29. The highest BCUT2D eigenvalue weighted by Gasteiger charge is 2.29. The highest BCUT2D eigenvalue weighted by atomic mass is 32.2. The van der Waals surface area contributed by atoms with Gasteiger partial charge in [0.2, 0.25) is 0 Å². The molecule has 1 atom stereocenters. The largest absolute Gasteiger partial charge is 0.350 e. The van der Waals surface area contributed by atoms with Gasteiger partial charge in [-0.25, -0.2) is 0 Å². The quantitative estimate of drug-likeness (QED) is 0.829. The molecule has 0 saturated carbocycles. The van der Waals surface area contributed by atoms with Gasteiger partial charge >= 0.3 is 0 Å². The van der Waals surface area contributed by atoms with Crippen molar-refractivity contribution in [2.75, 3.05) is 12.3 Å². The lowest BCUT2D eigenvalue weighted by molar-refractivity contribution is 0.0954. The molecule has 0 aromatic carbocycles. The van der Waals surface area contributed by atoms with E-state index in [4.69, 9.17) is 0 Å². The number of hydrogen-bond donors (Lipinski definition) is 2. The fraction of sp³-hybridized carbons (Fsp3) is 0.545. The number of amides is 1. The van der Waals surface area contributed by atoms with Crippen LogP contribution >= 0.6 is 35.7 Å². The average molecular weight is 273 g/mol. The van der Waals surface area contributed by atoms with E-state index < -0.39 is 0 Å². The Bertz CT molecular complexity index is 382. The molecule has 1 N–H and O–H groups in total. The van der Waals surface area contributed by atoms with E-state index >= 15 is 0 Å². The lowest BCUT2D eigenvalue weighted by Gasteiger charge is -2.22. The molecular weight excluding hydrogens is 258 g/mol. The zero-order valence-corrected chi connectivity index (χ0v) is 11.7. The molecule has 2 nitrogen and oxygen atoms in total. The molecule has 0 bridgehead atoms. The molecule has 1 aromatic rings. The molecule has 1 saturated heterocycles. The first kappa shape index (κ1) is 12.3. The second kappa shape index (κ2) is 5.02. The van der Waals surface area contributed by atoms with Crippen LogP contribution in [0, 0.1) is 0 Å². The number of carbonyl (C=O) groups is 1. The Hall–Kier alpha value is -0.130. The Morgan fingerprint density at radius 3 is 3.06 bits per heavy atom. The Kier molecular flexibility index (Phi) is 3.87. The van der Waals surface area contributed by atoms with Crippen LogP contribution in [0.1, 0.15) is 29.4 Å². The molecule has 1 aliphatic heterocycles. The molecular formula is C11H15NOS3. The minimum absolute atomic E-state index is 0.0269. The van der Waals surface area contributed by atoms with E-state index in [2.05, 4.69) is 24.9 Å². The van der Waals surface area contributed by atoms with Gasteiger partial charge < -0.3 is 5.32 Å². The number of carbonyl (C=O) groups excluding carboxylic acids is 1. The van der Waals surface area contributed by atoms with Crippen LogP contribution in [-0.2, 0) is 0 Å². The molecule has 1 fully saturated rings. The summed E-state index contributed by atoms with van der Waals surface area (Å²) in [7, 11) is 0. The van der Waals surface area contributed by atoms with Crippen molar-refractivity contribution in [1.82, 2.24) is 5.32 Å². The van der Waals surface area contributed by atoms with Gasteiger partial charge in [-0.15, -0.1) is 24.0 Å². The number of hydrogen-bond acceptors (Lipinski definition) is 4. The predicted molar refractivity (Wildman–Crippen MR) is 74.0 cm³/mol. The minimum atomic E-state index is 0.0269. The Morgan fingerprint density at radius 1 is 1.69 bits per heavy atom. The van der Waals surface area contributed by atoms with Crippen molar-refractivity contribution in [3.63, 3.8) is 0 Å². The van der Waals surface area contributed by atoms with E-state index in [-0.39, 0.29) is 10.7 Å². The van der Waals surface area contributed by atoms with Crippen LogP contribution in [0.5, 0.6) is 0 Å². The zero-order valence-electron chi connectivity index (χ0n) is 9.16. The number of rotatable bonds is 3. The summed E-state index contributed by atoms with van der Waals surface area (Å²) < 4.78 is 0.233. The molecule has 2 heterocycles. The van der Waals surface area contributed by atoms with Crippen molar-refractivity contribution < 1.29 is 4.79 Å². The smallest absolute Gasteiger partial charge is 0.261 e. The average Bonchev–Trinajstić information content (AvgIpc) is 2.85. The molecule has 1 amide bonds. The van der Waals surface area contributed by atoms with Gasteiger partial charge in [-0.05, 0) is 31.6 Å². The van der Waals surface area contributed by atoms with Gasteiger partial charge in [0.1, 0.15) is 0 Å². The van der Waals surface area contributed by atoms with Crippen LogP contribution in [-0.4, -0.2) is 23.0 Å².